The number of nitrogens with one attached hydrogen (secondary N) is 2. The zero-order chi connectivity index (χ0) is 15.8. The smallest absolute Gasteiger partial charge is 0.320 e. The van der Waals surface area contributed by atoms with Crippen LogP contribution in [0.25, 0.3) is 0 Å². The fraction of sp³-hybridized carbons (Fsp3) is 0.294. The molecular weight excluding hydrogens is 278 g/mol. The Balaban J connectivity index is 1.64. The fourth-order valence-electron chi connectivity index (χ4n) is 1.94. The quantitative estimate of drug-likeness (QED) is 0.805. The monoisotopic (exact) mass is 299 g/mol. The van der Waals surface area contributed by atoms with Crippen molar-refractivity contribution in [3.05, 3.63) is 53.7 Å². The number of benzene rings is 1. The molecule has 116 valence electrons. The third-order valence-electron chi connectivity index (χ3n) is 3.11. The Hall–Kier alpha value is -2.56. The number of pyridine rings is 1. The van der Waals surface area contributed by atoms with Crippen LogP contribution in [0.2, 0.25) is 0 Å². The second-order valence-electron chi connectivity index (χ2n) is 5.07. The maximum atomic E-state index is 11.7. The molecule has 0 spiro atoms. The Bertz CT molecular complexity index is 629. The van der Waals surface area contributed by atoms with Gasteiger partial charge in [0.25, 0.3) is 0 Å². The van der Waals surface area contributed by atoms with Crippen LogP contribution in [0.3, 0.4) is 0 Å². The number of amides is 2. The molecule has 0 aliphatic carbocycles. The van der Waals surface area contributed by atoms with Crippen molar-refractivity contribution in [2.45, 2.75) is 20.3 Å². The van der Waals surface area contributed by atoms with Crippen molar-refractivity contribution in [3.8, 4) is 5.75 Å². The summed E-state index contributed by atoms with van der Waals surface area (Å²) in [5.74, 6) is 1.43. The van der Waals surface area contributed by atoms with Crippen molar-refractivity contribution in [1.82, 2.24) is 10.3 Å². The topological polar surface area (TPSA) is 63.2 Å². The Morgan fingerprint density at radius 1 is 1.23 bits per heavy atom. The highest BCUT2D eigenvalue weighted by atomic mass is 16.5. The standard InChI is InChI=1S/C17H21N3O2/c1-13-8-10-18-16(12-13)20-17(21)19-9-5-11-22-15-7-4-3-6-14(15)2/h3-4,6-8,10,12H,5,9,11H2,1-2H3,(H2,18,19,20,21). The summed E-state index contributed by atoms with van der Waals surface area (Å²) in [5, 5.41) is 5.48. The van der Waals surface area contributed by atoms with Gasteiger partial charge in [-0.05, 0) is 49.6 Å². The van der Waals surface area contributed by atoms with Crippen LogP contribution in [0.15, 0.2) is 42.6 Å². The van der Waals surface area contributed by atoms with Gasteiger partial charge in [0.15, 0.2) is 0 Å². The van der Waals surface area contributed by atoms with Gasteiger partial charge in [-0.3, -0.25) is 5.32 Å². The van der Waals surface area contributed by atoms with Gasteiger partial charge in [0, 0.05) is 12.7 Å². The van der Waals surface area contributed by atoms with Gasteiger partial charge in [-0.1, -0.05) is 18.2 Å². The Kier molecular flexibility index (Phi) is 5.77. The van der Waals surface area contributed by atoms with Gasteiger partial charge in [0.05, 0.1) is 6.61 Å². The number of para-hydroxylation sites is 1. The van der Waals surface area contributed by atoms with Gasteiger partial charge >= 0.3 is 6.03 Å². The van der Waals surface area contributed by atoms with Crippen LogP contribution in [0.4, 0.5) is 10.6 Å². The van der Waals surface area contributed by atoms with Crippen molar-refractivity contribution < 1.29 is 9.53 Å². The van der Waals surface area contributed by atoms with E-state index in [0.29, 0.717) is 19.0 Å². The van der Waals surface area contributed by atoms with E-state index in [9.17, 15) is 4.79 Å². The predicted molar refractivity (Wildman–Crippen MR) is 87.3 cm³/mol. The summed E-state index contributed by atoms with van der Waals surface area (Å²) in [6, 6.07) is 11.3. The van der Waals surface area contributed by atoms with Crippen LogP contribution < -0.4 is 15.4 Å². The first kappa shape index (κ1) is 15.8. The molecule has 1 aromatic carbocycles. The molecular formula is C17H21N3O2. The van der Waals surface area contributed by atoms with Crippen LogP contribution in [0.5, 0.6) is 5.75 Å². The van der Waals surface area contributed by atoms with Gasteiger partial charge in [0.2, 0.25) is 0 Å². The molecule has 0 aliphatic rings. The minimum absolute atomic E-state index is 0.256. The molecule has 0 saturated carbocycles. The Labute approximate surface area is 130 Å². The minimum Gasteiger partial charge on any atom is -0.493 e. The van der Waals surface area contributed by atoms with Crippen molar-refractivity contribution in [1.29, 1.82) is 0 Å². The van der Waals surface area contributed by atoms with Gasteiger partial charge in [-0.2, -0.15) is 0 Å². The number of nitrogens with zero attached hydrogens (tertiary/aromatic N) is 1. The average Bonchev–Trinajstić information content (AvgIpc) is 2.48. The van der Waals surface area contributed by atoms with Gasteiger partial charge in [-0.25, -0.2) is 9.78 Å². The van der Waals surface area contributed by atoms with Crippen molar-refractivity contribution in [2.24, 2.45) is 0 Å². The van der Waals surface area contributed by atoms with E-state index in [2.05, 4.69) is 15.6 Å². The van der Waals surface area contributed by atoms with E-state index in [1.54, 1.807) is 6.20 Å². The lowest BCUT2D eigenvalue weighted by atomic mass is 10.2. The minimum atomic E-state index is -0.256. The van der Waals surface area contributed by atoms with Gasteiger partial charge in [0.1, 0.15) is 11.6 Å². The molecule has 0 fully saturated rings. The molecule has 2 amide bonds. The molecule has 1 aromatic heterocycles. The van der Waals surface area contributed by atoms with Crippen molar-refractivity contribution >= 4 is 11.8 Å². The Morgan fingerprint density at radius 3 is 2.82 bits per heavy atom. The lowest BCUT2D eigenvalue weighted by Crippen LogP contribution is -2.30. The maximum Gasteiger partial charge on any atom is 0.320 e. The molecule has 0 atom stereocenters. The summed E-state index contributed by atoms with van der Waals surface area (Å²) in [6.07, 6.45) is 2.41. The lowest BCUT2D eigenvalue weighted by molar-refractivity contribution is 0.250. The van der Waals surface area contributed by atoms with E-state index in [1.807, 2.05) is 50.2 Å². The van der Waals surface area contributed by atoms with Crippen LogP contribution in [0.1, 0.15) is 17.5 Å². The molecule has 5 nitrogen and oxygen atoms in total. The molecule has 0 aliphatic heterocycles. The number of aryl methyl sites for hydroxylation is 2. The summed E-state index contributed by atoms with van der Waals surface area (Å²) in [6.45, 7) is 5.07. The van der Waals surface area contributed by atoms with Crippen molar-refractivity contribution in [3.63, 3.8) is 0 Å². The zero-order valence-electron chi connectivity index (χ0n) is 12.9. The molecule has 1 heterocycles. The van der Waals surface area contributed by atoms with E-state index in [0.717, 1.165) is 23.3 Å². The second-order valence-corrected chi connectivity index (χ2v) is 5.07. The molecule has 0 bridgehead atoms. The summed E-state index contributed by atoms with van der Waals surface area (Å²) in [5.41, 5.74) is 2.16. The first-order valence-electron chi connectivity index (χ1n) is 7.31. The summed E-state index contributed by atoms with van der Waals surface area (Å²) in [7, 11) is 0. The Morgan fingerprint density at radius 2 is 2.05 bits per heavy atom. The number of carbonyl (C=O) groups excluding carboxylic acids is 1. The predicted octanol–water partition coefficient (Wildman–Crippen LogP) is 3.29. The third kappa shape index (κ3) is 5.09. The van der Waals surface area contributed by atoms with E-state index in [4.69, 9.17) is 4.74 Å². The molecule has 5 heteroatoms. The number of urea groups is 1. The first-order chi connectivity index (χ1) is 10.6. The van der Waals surface area contributed by atoms with Crippen LogP contribution in [-0.2, 0) is 0 Å². The molecule has 0 radical (unpaired) electrons. The number of hydrogen-bond donors (Lipinski definition) is 2. The van der Waals surface area contributed by atoms with Crippen LogP contribution >= 0.6 is 0 Å². The molecule has 0 saturated heterocycles. The summed E-state index contributed by atoms with van der Waals surface area (Å²) in [4.78, 5) is 15.8. The van der Waals surface area contributed by atoms with Crippen LogP contribution in [0, 0.1) is 13.8 Å². The number of aromatic nitrogens is 1. The number of rotatable bonds is 6. The third-order valence-corrected chi connectivity index (χ3v) is 3.11. The van der Waals surface area contributed by atoms with Gasteiger partial charge < -0.3 is 10.1 Å². The first-order valence-corrected chi connectivity index (χ1v) is 7.31. The second kappa shape index (κ2) is 8.02. The number of anilines is 1. The molecule has 2 N–H and O–H groups in total. The van der Waals surface area contributed by atoms with E-state index < -0.39 is 0 Å². The molecule has 0 unspecified atom stereocenters. The molecule has 2 rings (SSSR count). The number of hydrogen-bond acceptors (Lipinski definition) is 3. The highest BCUT2D eigenvalue weighted by molar-refractivity contribution is 5.88. The largest absolute Gasteiger partial charge is 0.493 e. The zero-order valence-corrected chi connectivity index (χ0v) is 12.9. The van der Waals surface area contributed by atoms with E-state index in [1.165, 1.54) is 0 Å². The summed E-state index contributed by atoms with van der Waals surface area (Å²) >= 11 is 0. The molecule has 2 aromatic rings. The number of carbonyl (C=O) groups is 1. The fourth-order valence-corrected chi connectivity index (χ4v) is 1.94. The molecule has 22 heavy (non-hydrogen) atoms. The van der Waals surface area contributed by atoms with Crippen LogP contribution in [-0.4, -0.2) is 24.2 Å². The number of ether oxygens (including phenoxy) is 1. The van der Waals surface area contributed by atoms with Gasteiger partial charge in [-0.15, -0.1) is 0 Å². The van der Waals surface area contributed by atoms with E-state index >= 15 is 0 Å². The normalized spacial score (nSPS) is 10.1. The maximum absolute atomic E-state index is 11.7. The highest BCUT2D eigenvalue weighted by Crippen LogP contribution is 2.15. The lowest BCUT2D eigenvalue weighted by Gasteiger charge is -2.10. The average molecular weight is 299 g/mol. The van der Waals surface area contributed by atoms with Crippen molar-refractivity contribution in [2.75, 3.05) is 18.5 Å². The SMILES string of the molecule is Cc1ccnc(NC(=O)NCCCOc2ccccc2C)c1. The summed E-state index contributed by atoms with van der Waals surface area (Å²) < 4.78 is 5.67. The van der Waals surface area contributed by atoms with E-state index in [-0.39, 0.29) is 6.03 Å². The highest BCUT2D eigenvalue weighted by Gasteiger charge is 2.02.